The Balaban J connectivity index is 1.28. The summed E-state index contributed by atoms with van der Waals surface area (Å²) in [6, 6.07) is 17.6. The highest BCUT2D eigenvalue weighted by Gasteiger charge is 2.20. The zero-order valence-electron chi connectivity index (χ0n) is 17.1. The lowest BCUT2D eigenvalue weighted by Gasteiger charge is -2.32. The molecule has 0 unspecified atom stereocenters. The van der Waals surface area contributed by atoms with Gasteiger partial charge >= 0.3 is 0 Å². The van der Waals surface area contributed by atoms with Crippen LogP contribution < -0.4 is 5.56 Å². The first-order valence-electron chi connectivity index (χ1n) is 11.2. The highest BCUT2D eigenvalue weighted by atomic mass is 16.1. The Bertz CT molecular complexity index is 1050. The molecule has 3 aromatic rings. The molecule has 3 nitrogen and oxygen atoms in total. The van der Waals surface area contributed by atoms with Crippen LogP contribution in [0.1, 0.15) is 47.9 Å². The summed E-state index contributed by atoms with van der Waals surface area (Å²) in [5.74, 6) is 0.808. The molecule has 1 aliphatic heterocycles. The van der Waals surface area contributed by atoms with Crippen molar-refractivity contribution < 1.29 is 0 Å². The number of fused-ring (bicyclic) bond motifs is 3. The second-order valence-corrected chi connectivity index (χ2v) is 8.91. The smallest absolute Gasteiger partial charge is 0.251 e. The van der Waals surface area contributed by atoms with Crippen molar-refractivity contribution in [3.05, 3.63) is 81.1 Å². The maximum atomic E-state index is 12.4. The number of hydrogen-bond acceptors (Lipinski definition) is 2. The van der Waals surface area contributed by atoms with E-state index in [4.69, 9.17) is 0 Å². The van der Waals surface area contributed by atoms with Gasteiger partial charge < -0.3 is 4.98 Å². The van der Waals surface area contributed by atoms with Gasteiger partial charge in [-0.1, -0.05) is 36.4 Å². The quantitative estimate of drug-likeness (QED) is 0.695. The number of rotatable bonds is 4. The van der Waals surface area contributed by atoms with Crippen LogP contribution in [0, 0.1) is 5.92 Å². The molecule has 5 rings (SSSR count). The van der Waals surface area contributed by atoms with Crippen molar-refractivity contribution >= 4 is 10.9 Å². The summed E-state index contributed by atoms with van der Waals surface area (Å²) in [4.78, 5) is 18.1. The van der Waals surface area contributed by atoms with Crippen molar-refractivity contribution in [3.8, 4) is 0 Å². The van der Waals surface area contributed by atoms with E-state index in [9.17, 15) is 4.79 Å². The molecule has 2 aromatic carbocycles. The zero-order valence-corrected chi connectivity index (χ0v) is 17.1. The molecule has 0 saturated carbocycles. The molecular formula is C26H30N2O. The molecule has 1 aromatic heterocycles. The normalized spacial score (nSPS) is 18.1. The number of aromatic amines is 1. The standard InChI is InChI=1S/C26H30N2O/c29-26-23-9-5-4-8-22(23)24-17-21(10-11-25(24)27-26)18-28-14-12-20(13-15-28)16-19-6-2-1-3-7-19/h1-3,6-7,10-11,17,20H,4-5,8-9,12-16,18H2,(H,27,29). The molecule has 0 amide bonds. The number of hydrogen-bond donors (Lipinski definition) is 1. The lowest BCUT2D eigenvalue weighted by atomic mass is 9.89. The van der Waals surface area contributed by atoms with Crippen molar-refractivity contribution in [1.82, 2.24) is 9.88 Å². The van der Waals surface area contributed by atoms with Crippen LogP contribution in [0.3, 0.4) is 0 Å². The summed E-state index contributed by atoms with van der Waals surface area (Å²) in [6.45, 7) is 3.38. The van der Waals surface area contributed by atoms with Gasteiger partial charge in [0.25, 0.3) is 5.56 Å². The van der Waals surface area contributed by atoms with Gasteiger partial charge in [-0.05, 0) is 92.8 Å². The number of piperidine rings is 1. The third-order valence-electron chi connectivity index (χ3n) is 6.88. The van der Waals surface area contributed by atoms with E-state index < -0.39 is 0 Å². The lowest BCUT2D eigenvalue weighted by Crippen LogP contribution is -2.33. The molecule has 1 saturated heterocycles. The summed E-state index contributed by atoms with van der Waals surface area (Å²) < 4.78 is 0. The largest absolute Gasteiger partial charge is 0.322 e. The molecule has 29 heavy (non-hydrogen) atoms. The lowest BCUT2D eigenvalue weighted by molar-refractivity contribution is 0.177. The van der Waals surface area contributed by atoms with Crippen molar-refractivity contribution in [2.24, 2.45) is 5.92 Å². The number of likely N-dealkylation sites (tertiary alicyclic amines) is 1. The molecule has 0 atom stereocenters. The fourth-order valence-corrected chi connectivity index (χ4v) is 5.25. The van der Waals surface area contributed by atoms with Crippen LogP contribution >= 0.6 is 0 Å². The molecule has 1 fully saturated rings. The number of benzene rings is 2. The summed E-state index contributed by atoms with van der Waals surface area (Å²) in [5, 5.41) is 1.27. The van der Waals surface area contributed by atoms with Crippen molar-refractivity contribution in [1.29, 1.82) is 0 Å². The third kappa shape index (κ3) is 4.02. The van der Waals surface area contributed by atoms with Gasteiger partial charge in [-0.3, -0.25) is 9.69 Å². The van der Waals surface area contributed by atoms with Crippen molar-refractivity contribution in [2.45, 2.75) is 51.5 Å². The number of nitrogens with zero attached hydrogens (tertiary/aromatic N) is 1. The first kappa shape index (κ1) is 18.6. The molecule has 0 radical (unpaired) electrons. The van der Waals surface area contributed by atoms with E-state index >= 15 is 0 Å². The van der Waals surface area contributed by atoms with E-state index in [1.54, 1.807) is 0 Å². The first-order valence-corrected chi connectivity index (χ1v) is 11.2. The Labute approximate surface area is 172 Å². The average molecular weight is 387 g/mol. The number of nitrogens with one attached hydrogen (secondary N) is 1. The van der Waals surface area contributed by atoms with E-state index in [1.165, 1.54) is 60.8 Å². The number of H-pyrrole nitrogens is 1. The second-order valence-electron chi connectivity index (χ2n) is 8.91. The van der Waals surface area contributed by atoms with E-state index in [-0.39, 0.29) is 5.56 Å². The van der Waals surface area contributed by atoms with Crippen LogP contribution in [-0.2, 0) is 25.8 Å². The summed E-state index contributed by atoms with van der Waals surface area (Å²) >= 11 is 0. The minimum Gasteiger partial charge on any atom is -0.322 e. The topological polar surface area (TPSA) is 36.1 Å². The Morgan fingerprint density at radius 1 is 0.897 bits per heavy atom. The summed E-state index contributed by atoms with van der Waals surface area (Å²) in [6.07, 6.45) is 8.09. The maximum absolute atomic E-state index is 12.4. The minimum atomic E-state index is 0.125. The van der Waals surface area contributed by atoms with E-state index in [1.807, 2.05) is 0 Å². The van der Waals surface area contributed by atoms with Gasteiger partial charge in [-0.2, -0.15) is 0 Å². The monoisotopic (exact) mass is 386 g/mol. The third-order valence-corrected chi connectivity index (χ3v) is 6.88. The number of pyridine rings is 1. The molecular weight excluding hydrogens is 356 g/mol. The fraction of sp³-hybridized carbons (Fsp3) is 0.423. The SMILES string of the molecule is O=c1[nH]c2ccc(CN3CCC(Cc4ccccc4)CC3)cc2c2c1CCCC2. The van der Waals surface area contributed by atoms with Gasteiger partial charge in [0.1, 0.15) is 0 Å². The molecule has 3 heteroatoms. The molecule has 1 aliphatic carbocycles. The minimum absolute atomic E-state index is 0.125. The average Bonchev–Trinajstić information content (AvgIpc) is 2.77. The predicted molar refractivity (Wildman–Crippen MR) is 119 cm³/mol. The van der Waals surface area contributed by atoms with E-state index in [2.05, 4.69) is 58.4 Å². The Hall–Kier alpha value is -2.39. The van der Waals surface area contributed by atoms with Crippen LogP contribution in [0.25, 0.3) is 10.9 Å². The van der Waals surface area contributed by atoms with Crippen LogP contribution in [-0.4, -0.2) is 23.0 Å². The van der Waals surface area contributed by atoms with Gasteiger partial charge in [0.05, 0.1) is 0 Å². The zero-order chi connectivity index (χ0) is 19.6. The summed E-state index contributed by atoms with van der Waals surface area (Å²) in [7, 11) is 0. The molecule has 1 N–H and O–H groups in total. The first-order chi connectivity index (χ1) is 14.3. The highest BCUT2D eigenvalue weighted by Crippen LogP contribution is 2.28. The predicted octanol–water partition coefficient (Wildman–Crippen LogP) is 4.86. The highest BCUT2D eigenvalue weighted by molar-refractivity contribution is 5.84. The Kier molecular flexibility index (Phi) is 5.24. The van der Waals surface area contributed by atoms with E-state index in [0.717, 1.165) is 42.8 Å². The van der Waals surface area contributed by atoms with Crippen LogP contribution in [0.4, 0.5) is 0 Å². The number of aryl methyl sites for hydroxylation is 1. The van der Waals surface area contributed by atoms with Crippen LogP contribution in [0.5, 0.6) is 0 Å². The van der Waals surface area contributed by atoms with Gasteiger partial charge in [-0.15, -0.1) is 0 Å². The summed E-state index contributed by atoms with van der Waals surface area (Å²) in [5.41, 5.74) is 6.31. The maximum Gasteiger partial charge on any atom is 0.251 e. The van der Waals surface area contributed by atoms with Crippen molar-refractivity contribution in [3.63, 3.8) is 0 Å². The van der Waals surface area contributed by atoms with Crippen LogP contribution in [0.15, 0.2) is 53.3 Å². The fourth-order valence-electron chi connectivity index (χ4n) is 5.25. The molecule has 0 bridgehead atoms. The van der Waals surface area contributed by atoms with Crippen LogP contribution in [0.2, 0.25) is 0 Å². The molecule has 0 spiro atoms. The molecule has 2 heterocycles. The molecule has 150 valence electrons. The van der Waals surface area contributed by atoms with Gasteiger partial charge in [0.2, 0.25) is 0 Å². The van der Waals surface area contributed by atoms with Gasteiger partial charge in [-0.25, -0.2) is 0 Å². The Morgan fingerprint density at radius 2 is 1.66 bits per heavy atom. The van der Waals surface area contributed by atoms with Crippen molar-refractivity contribution in [2.75, 3.05) is 13.1 Å². The number of aromatic nitrogens is 1. The molecule has 2 aliphatic rings. The Morgan fingerprint density at radius 3 is 2.45 bits per heavy atom. The second kappa shape index (κ2) is 8.16. The van der Waals surface area contributed by atoms with Gasteiger partial charge in [0, 0.05) is 23.0 Å². The van der Waals surface area contributed by atoms with Gasteiger partial charge in [0.15, 0.2) is 0 Å². The van der Waals surface area contributed by atoms with E-state index in [0.29, 0.717) is 0 Å².